The number of nitrogens with one attached hydrogen (secondary N) is 2. The minimum Gasteiger partial charge on any atom is -0.480 e. The summed E-state index contributed by atoms with van der Waals surface area (Å²) in [6.07, 6.45) is 8.13. The molecule has 24 heavy (non-hydrogen) atoms. The van der Waals surface area contributed by atoms with Gasteiger partial charge in [-0.3, -0.25) is 14.9 Å². The van der Waals surface area contributed by atoms with Gasteiger partial charge in [0.25, 0.3) is 5.56 Å². The van der Waals surface area contributed by atoms with Crippen LogP contribution in [0.1, 0.15) is 38.5 Å². The van der Waals surface area contributed by atoms with E-state index in [1.165, 1.54) is 38.3 Å². The molecule has 8 nitrogen and oxygen atoms in total. The summed E-state index contributed by atoms with van der Waals surface area (Å²) in [6, 6.07) is -0.638. The maximum atomic E-state index is 12.1. The van der Waals surface area contributed by atoms with Crippen LogP contribution in [0.3, 0.4) is 0 Å². The number of anilines is 1. The highest BCUT2D eigenvalue weighted by Gasteiger charge is 2.41. The Labute approximate surface area is 138 Å². The summed E-state index contributed by atoms with van der Waals surface area (Å²) >= 11 is 0. The van der Waals surface area contributed by atoms with E-state index in [0.29, 0.717) is 41.8 Å². The van der Waals surface area contributed by atoms with Crippen LogP contribution in [0.2, 0.25) is 0 Å². The van der Waals surface area contributed by atoms with Gasteiger partial charge >= 0.3 is 5.97 Å². The number of nitrogens with zero attached hydrogens (tertiary/aromatic N) is 3. The second-order valence-corrected chi connectivity index (χ2v) is 6.92. The second-order valence-electron chi connectivity index (χ2n) is 6.92. The van der Waals surface area contributed by atoms with Crippen molar-refractivity contribution in [3.8, 4) is 0 Å². The van der Waals surface area contributed by atoms with Gasteiger partial charge < -0.3 is 10.0 Å². The molecule has 128 valence electrons. The van der Waals surface area contributed by atoms with Crippen molar-refractivity contribution in [2.24, 2.45) is 11.8 Å². The number of fused-ring (bicyclic) bond motifs is 1. The largest absolute Gasteiger partial charge is 0.480 e. The number of carboxylic acids is 1. The zero-order chi connectivity index (χ0) is 16.7. The van der Waals surface area contributed by atoms with Crippen molar-refractivity contribution in [2.75, 3.05) is 11.4 Å². The first-order valence-corrected chi connectivity index (χ1v) is 8.56. The molecule has 2 aromatic heterocycles. The van der Waals surface area contributed by atoms with Crippen LogP contribution in [-0.4, -0.2) is 43.8 Å². The van der Waals surface area contributed by atoms with E-state index < -0.39 is 12.0 Å². The van der Waals surface area contributed by atoms with E-state index in [2.05, 4.69) is 20.2 Å². The Hall–Kier alpha value is -2.38. The lowest BCUT2D eigenvalue weighted by Gasteiger charge is -2.27. The van der Waals surface area contributed by atoms with Gasteiger partial charge in [-0.15, -0.1) is 0 Å². The van der Waals surface area contributed by atoms with Crippen molar-refractivity contribution < 1.29 is 9.90 Å². The molecular weight excluding hydrogens is 310 g/mol. The third-order valence-electron chi connectivity index (χ3n) is 5.51. The molecule has 2 aromatic rings. The molecule has 3 N–H and O–H groups in total. The van der Waals surface area contributed by atoms with Gasteiger partial charge in [-0.05, 0) is 18.3 Å². The smallest absolute Gasteiger partial charge is 0.326 e. The van der Waals surface area contributed by atoms with Crippen molar-refractivity contribution in [2.45, 2.75) is 44.6 Å². The van der Waals surface area contributed by atoms with Gasteiger partial charge in [0.2, 0.25) is 5.95 Å². The number of aliphatic carboxylic acids is 1. The molecule has 1 saturated heterocycles. The Morgan fingerprint density at radius 2 is 2.04 bits per heavy atom. The summed E-state index contributed by atoms with van der Waals surface area (Å²) in [5.74, 6) is 0.380. The van der Waals surface area contributed by atoms with Crippen LogP contribution in [0.5, 0.6) is 0 Å². The number of hydrogen-bond donors (Lipinski definition) is 3. The molecule has 1 saturated carbocycles. The zero-order valence-electron chi connectivity index (χ0n) is 13.4. The molecule has 0 amide bonds. The average molecular weight is 331 g/mol. The Balaban J connectivity index is 1.65. The van der Waals surface area contributed by atoms with Gasteiger partial charge in [-0.2, -0.15) is 10.1 Å². The first kappa shape index (κ1) is 15.2. The van der Waals surface area contributed by atoms with Crippen LogP contribution in [0, 0.1) is 11.8 Å². The standard InChI is InChI=1S/C16H21N5O3/c22-14-11-7-17-20-13(11)18-16(19-14)21-8-10(6-12(21)15(23)24)9-4-2-1-3-5-9/h7,9-10,12H,1-6,8H2,(H,23,24)(H2,17,18,19,20,22). The number of rotatable bonds is 3. The molecule has 1 aliphatic carbocycles. The van der Waals surface area contributed by atoms with E-state index in [4.69, 9.17) is 0 Å². The van der Waals surface area contributed by atoms with Crippen molar-refractivity contribution in [3.63, 3.8) is 0 Å². The normalized spacial score (nSPS) is 25.4. The minimum absolute atomic E-state index is 0.297. The Bertz CT molecular complexity index is 807. The fourth-order valence-electron chi connectivity index (χ4n) is 4.25. The lowest BCUT2D eigenvalue weighted by atomic mass is 9.79. The SMILES string of the molecule is O=C(O)C1CC(C2CCCCC2)CN1c1nc2[nH]ncc2c(=O)[nH]1. The predicted molar refractivity (Wildman–Crippen MR) is 88.0 cm³/mol. The van der Waals surface area contributed by atoms with Crippen molar-refractivity contribution in [1.82, 2.24) is 20.2 Å². The highest BCUT2D eigenvalue weighted by Crippen LogP contribution is 2.38. The van der Waals surface area contributed by atoms with Gasteiger partial charge in [0.15, 0.2) is 5.65 Å². The Morgan fingerprint density at radius 3 is 2.79 bits per heavy atom. The second kappa shape index (κ2) is 5.92. The summed E-state index contributed by atoms with van der Waals surface area (Å²) in [7, 11) is 0. The van der Waals surface area contributed by atoms with E-state index >= 15 is 0 Å². The van der Waals surface area contributed by atoms with Crippen molar-refractivity contribution >= 4 is 23.0 Å². The van der Waals surface area contributed by atoms with Gasteiger partial charge in [-0.25, -0.2) is 4.79 Å². The van der Waals surface area contributed by atoms with E-state index in [1.807, 2.05) is 0 Å². The maximum Gasteiger partial charge on any atom is 0.326 e. The molecule has 0 radical (unpaired) electrons. The van der Waals surface area contributed by atoms with Gasteiger partial charge in [0.1, 0.15) is 11.4 Å². The van der Waals surface area contributed by atoms with Crippen LogP contribution in [-0.2, 0) is 4.79 Å². The Kier molecular flexibility index (Phi) is 3.74. The molecule has 4 rings (SSSR count). The third kappa shape index (κ3) is 2.55. The molecule has 2 fully saturated rings. The maximum absolute atomic E-state index is 12.1. The quantitative estimate of drug-likeness (QED) is 0.785. The van der Waals surface area contributed by atoms with Crippen molar-refractivity contribution in [1.29, 1.82) is 0 Å². The highest BCUT2D eigenvalue weighted by atomic mass is 16.4. The third-order valence-corrected chi connectivity index (χ3v) is 5.51. The molecule has 2 aliphatic rings. The number of H-pyrrole nitrogens is 2. The average Bonchev–Trinajstić information content (AvgIpc) is 3.22. The van der Waals surface area contributed by atoms with Crippen LogP contribution in [0.4, 0.5) is 5.95 Å². The number of hydrogen-bond acceptors (Lipinski definition) is 5. The van der Waals surface area contributed by atoms with Gasteiger partial charge in [0.05, 0.1) is 6.20 Å². The fraction of sp³-hybridized carbons (Fsp3) is 0.625. The number of aromatic amines is 2. The van der Waals surface area contributed by atoms with Crippen LogP contribution in [0.15, 0.2) is 11.0 Å². The molecule has 0 bridgehead atoms. The Morgan fingerprint density at radius 1 is 1.25 bits per heavy atom. The summed E-state index contributed by atoms with van der Waals surface area (Å²) < 4.78 is 0. The molecular formula is C16H21N5O3. The first-order chi connectivity index (χ1) is 11.6. The number of aromatic nitrogens is 4. The summed E-state index contributed by atoms with van der Waals surface area (Å²) in [5.41, 5.74) is 0.0908. The van der Waals surface area contributed by atoms with Crippen LogP contribution >= 0.6 is 0 Å². The van der Waals surface area contributed by atoms with Crippen molar-refractivity contribution in [3.05, 3.63) is 16.6 Å². The molecule has 2 unspecified atom stereocenters. The molecule has 1 aliphatic heterocycles. The van der Waals surface area contributed by atoms with Gasteiger partial charge in [0, 0.05) is 6.54 Å². The predicted octanol–water partition coefficient (Wildman–Crippen LogP) is 1.51. The topological polar surface area (TPSA) is 115 Å². The van der Waals surface area contributed by atoms with Gasteiger partial charge in [-0.1, -0.05) is 32.1 Å². The summed E-state index contributed by atoms with van der Waals surface area (Å²) in [6.45, 7) is 0.629. The lowest BCUT2D eigenvalue weighted by molar-refractivity contribution is -0.138. The molecule has 0 spiro atoms. The zero-order valence-corrected chi connectivity index (χ0v) is 13.4. The monoisotopic (exact) mass is 331 g/mol. The molecule has 3 heterocycles. The number of carboxylic acid groups (broad SMARTS) is 1. The van der Waals surface area contributed by atoms with E-state index in [0.717, 1.165) is 0 Å². The van der Waals surface area contributed by atoms with E-state index in [-0.39, 0.29) is 5.56 Å². The molecule has 0 aromatic carbocycles. The first-order valence-electron chi connectivity index (χ1n) is 8.56. The van der Waals surface area contributed by atoms with E-state index in [9.17, 15) is 14.7 Å². The minimum atomic E-state index is -0.860. The number of carbonyl (C=O) groups is 1. The summed E-state index contributed by atoms with van der Waals surface area (Å²) in [5, 5.41) is 16.5. The van der Waals surface area contributed by atoms with Crippen LogP contribution in [0.25, 0.3) is 11.0 Å². The molecule has 2 atom stereocenters. The lowest BCUT2D eigenvalue weighted by Crippen LogP contribution is -2.38. The van der Waals surface area contributed by atoms with Crippen LogP contribution < -0.4 is 10.5 Å². The van der Waals surface area contributed by atoms with E-state index in [1.54, 1.807) is 4.90 Å². The summed E-state index contributed by atoms with van der Waals surface area (Å²) in [4.78, 5) is 32.7. The fourth-order valence-corrected chi connectivity index (χ4v) is 4.25. The highest BCUT2D eigenvalue weighted by molar-refractivity contribution is 5.79. The molecule has 8 heteroatoms.